The number of benzene rings is 1. The van der Waals surface area contributed by atoms with Crippen LogP contribution in [0.15, 0.2) is 96.3 Å². The molecule has 0 amide bonds. The fraction of sp³-hybridized carbons (Fsp3) is 0. The van der Waals surface area contributed by atoms with E-state index in [2.05, 4.69) is 11.1 Å². The van der Waals surface area contributed by atoms with Crippen LogP contribution in [0.5, 0.6) is 5.75 Å². The van der Waals surface area contributed by atoms with Crippen molar-refractivity contribution in [2.45, 2.75) is 0 Å². The van der Waals surface area contributed by atoms with E-state index in [4.69, 9.17) is 9.47 Å². The first-order valence-corrected chi connectivity index (χ1v) is 7.26. The summed E-state index contributed by atoms with van der Waals surface area (Å²) in [7, 11) is 0. The lowest BCUT2D eigenvalue weighted by molar-refractivity contribution is 0.402. The van der Waals surface area contributed by atoms with Gasteiger partial charge in [-0.05, 0) is 36.4 Å². The van der Waals surface area contributed by atoms with Gasteiger partial charge in [-0.2, -0.15) is 5.26 Å². The average Bonchev–Trinajstić information content (AvgIpc) is 2.61. The zero-order valence-electron chi connectivity index (χ0n) is 12.9. The van der Waals surface area contributed by atoms with Crippen LogP contribution in [0.3, 0.4) is 0 Å². The molecule has 0 bridgehead atoms. The Kier molecular flexibility index (Phi) is 7.13. The van der Waals surface area contributed by atoms with Gasteiger partial charge in [-0.25, -0.2) is 0 Å². The molecule has 0 spiro atoms. The van der Waals surface area contributed by atoms with Gasteiger partial charge in [0.2, 0.25) is 0 Å². The van der Waals surface area contributed by atoms with E-state index in [9.17, 15) is 5.26 Å². The van der Waals surface area contributed by atoms with Crippen LogP contribution in [0, 0.1) is 11.3 Å². The molecule has 4 heteroatoms. The molecule has 0 N–H and O–H groups in total. The van der Waals surface area contributed by atoms with Crippen LogP contribution in [0.1, 0.15) is 5.56 Å². The minimum atomic E-state index is 0.527. The third kappa shape index (κ3) is 6.04. The van der Waals surface area contributed by atoms with Gasteiger partial charge in [0, 0.05) is 11.8 Å². The van der Waals surface area contributed by atoms with Gasteiger partial charge in [0.05, 0.1) is 30.4 Å². The zero-order valence-corrected chi connectivity index (χ0v) is 12.9. The highest BCUT2D eigenvalue weighted by molar-refractivity contribution is 5.71. The molecule has 4 nitrogen and oxygen atoms in total. The quantitative estimate of drug-likeness (QED) is 0.698. The van der Waals surface area contributed by atoms with E-state index < -0.39 is 0 Å². The van der Waals surface area contributed by atoms with Crippen molar-refractivity contribution in [3.05, 3.63) is 96.8 Å². The molecule has 0 aliphatic carbocycles. The second-order valence-electron chi connectivity index (χ2n) is 4.48. The van der Waals surface area contributed by atoms with E-state index in [-0.39, 0.29) is 0 Å². The normalized spacial score (nSPS) is 24.7. The lowest BCUT2D eigenvalue weighted by Gasteiger charge is -2.03. The molecule has 0 atom stereocenters. The second kappa shape index (κ2) is 10.2. The van der Waals surface area contributed by atoms with E-state index in [0.717, 1.165) is 5.56 Å². The number of aliphatic imine (C=N–C) groups is 1. The van der Waals surface area contributed by atoms with Crippen LogP contribution in [0.25, 0.3) is 6.08 Å². The van der Waals surface area contributed by atoms with Gasteiger partial charge in [-0.1, -0.05) is 30.4 Å². The topological polar surface area (TPSA) is 54.6 Å². The van der Waals surface area contributed by atoms with Crippen LogP contribution >= 0.6 is 0 Å². The van der Waals surface area contributed by atoms with Crippen molar-refractivity contribution in [1.82, 2.24) is 0 Å². The summed E-state index contributed by atoms with van der Waals surface area (Å²) in [5.41, 5.74) is 1.40. The molecule has 0 fully saturated rings. The van der Waals surface area contributed by atoms with Crippen LogP contribution in [-0.2, 0) is 4.74 Å². The smallest absolute Gasteiger partial charge is 0.133 e. The van der Waals surface area contributed by atoms with Crippen molar-refractivity contribution in [3.8, 4) is 11.8 Å². The third-order valence-corrected chi connectivity index (χ3v) is 2.82. The molecule has 1 aliphatic heterocycles. The minimum absolute atomic E-state index is 0.527. The Bertz CT molecular complexity index is 788. The maximum Gasteiger partial charge on any atom is 0.133 e. The van der Waals surface area contributed by atoms with Crippen LogP contribution in [0.4, 0.5) is 0 Å². The number of hydrogen-bond donors (Lipinski definition) is 0. The van der Waals surface area contributed by atoms with Gasteiger partial charge in [-0.15, -0.1) is 0 Å². The van der Waals surface area contributed by atoms with Crippen molar-refractivity contribution in [3.63, 3.8) is 0 Å². The van der Waals surface area contributed by atoms with Crippen molar-refractivity contribution in [2.75, 3.05) is 0 Å². The number of nitrogens with zero attached hydrogens (tertiary/aromatic N) is 2. The Labute approximate surface area is 141 Å². The average molecular weight is 316 g/mol. The van der Waals surface area contributed by atoms with Gasteiger partial charge in [0.25, 0.3) is 0 Å². The van der Waals surface area contributed by atoms with Gasteiger partial charge in [0.15, 0.2) is 0 Å². The summed E-state index contributed by atoms with van der Waals surface area (Å²) >= 11 is 0. The highest BCUT2D eigenvalue weighted by atomic mass is 16.5. The highest BCUT2D eigenvalue weighted by Crippen LogP contribution is 2.20. The number of fused-ring (bicyclic) bond motifs is 1. The van der Waals surface area contributed by atoms with Crippen LogP contribution < -0.4 is 4.74 Å². The van der Waals surface area contributed by atoms with Crippen molar-refractivity contribution < 1.29 is 9.47 Å². The SMILES string of the molecule is N#CC1=C/C=C\C=C/O\C=C/N=C\C=C/Oc2ccccc2/C=C\1. The fourth-order valence-corrected chi connectivity index (χ4v) is 1.71. The molecule has 0 saturated heterocycles. The highest BCUT2D eigenvalue weighted by Gasteiger charge is 1.98. The van der Waals surface area contributed by atoms with Crippen LogP contribution in [0.2, 0.25) is 0 Å². The zero-order chi connectivity index (χ0) is 16.9. The number of rotatable bonds is 0. The number of ether oxygens (including phenoxy) is 2. The van der Waals surface area contributed by atoms with Gasteiger partial charge in [-0.3, -0.25) is 4.99 Å². The maximum atomic E-state index is 9.18. The first-order valence-electron chi connectivity index (χ1n) is 7.26. The van der Waals surface area contributed by atoms with E-state index in [1.165, 1.54) is 25.0 Å². The largest absolute Gasteiger partial charge is 0.471 e. The van der Waals surface area contributed by atoms with E-state index in [1.807, 2.05) is 30.3 Å². The Morgan fingerprint density at radius 3 is 2.75 bits per heavy atom. The van der Waals surface area contributed by atoms with Crippen molar-refractivity contribution >= 4 is 12.3 Å². The standard InChI is InChI=1S/C20H16N2O2/c21-17-18-7-2-1-5-14-23-16-13-22-12-6-15-24-20-9-4-3-8-19(20)11-10-18/h1-16H/b2-1-,11-10-,14-5-,15-6-,16-13-,18-7+,22-12-. The molecule has 0 unspecified atom stereocenters. The summed E-state index contributed by atoms with van der Waals surface area (Å²) < 4.78 is 10.7. The molecule has 1 aromatic carbocycles. The maximum absolute atomic E-state index is 9.18. The van der Waals surface area contributed by atoms with E-state index in [0.29, 0.717) is 11.3 Å². The number of para-hydroxylation sites is 1. The van der Waals surface area contributed by atoms with Gasteiger partial charge in [0.1, 0.15) is 12.0 Å². The summed E-state index contributed by atoms with van der Waals surface area (Å²) in [6, 6.07) is 9.71. The Morgan fingerprint density at radius 1 is 0.917 bits per heavy atom. The number of allylic oxidation sites excluding steroid dienone is 7. The summed E-state index contributed by atoms with van der Waals surface area (Å²) in [6.07, 6.45) is 19.8. The van der Waals surface area contributed by atoms with E-state index in [1.54, 1.807) is 42.7 Å². The number of nitriles is 1. The summed E-state index contributed by atoms with van der Waals surface area (Å²) in [5, 5.41) is 9.18. The molecule has 0 saturated carbocycles. The molecule has 118 valence electrons. The van der Waals surface area contributed by atoms with Crippen LogP contribution in [-0.4, -0.2) is 6.21 Å². The second-order valence-corrected chi connectivity index (χ2v) is 4.48. The molecular formula is C20H16N2O2. The van der Waals surface area contributed by atoms with Gasteiger partial charge >= 0.3 is 0 Å². The Hall–Kier alpha value is -3.58. The first kappa shape index (κ1) is 16.8. The lowest BCUT2D eigenvalue weighted by atomic mass is 10.1. The van der Waals surface area contributed by atoms with E-state index >= 15 is 0 Å². The summed E-state index contributed by atoms with van der Waals surface area (Å²) in [6.45, 7) is 0. The van der Waals surface area contributed by atoms with Crippen molar-refractivity contribution in [2.24, 2.45) is 4.99 Å². The third-order valence-electron chi connectivity index (χ3n) is 2.82. The first-order chi connectivity index (χ1) is 11.9. The molecule has 1 aromatic rings. The monoisotopic (exact) mass is 316 g/mol. The lowest BCUT2D eigenvalue weighted by Crippen LogP contribution is -1.86. The molecule has 1 heterocycles. The molecular weight excluding hydrogens is 300 g/mol. The molecule has 0 aromatic heterocycles. The predicted molar refractivity (Wildman–Crippen MR) is 95.9 cm³/mol. The fourth-order valence-electron chi connectivity index (χ4n) is 1.71. The Morgan fingerprint density at radius 2 is 1.83 bits per heavy atom. The van der Waals surface area contributed by atoms with Crippen molar-refractivity contribution in [1.29, 1.82) is 5.26 Å². The Balaban J connectivity index is 2.29. The summed E-state index contributed by atoms with van der Waals surface area (Å²) in [5.74, 6) is 0.689. The molecule has 0 radical (unpaired) electrons. The molecule has 24 heavy (non-hydrogen) atoms. The van der Waals surface area contributed by atoms with Gasteiger partial charge < -0.3 is 9.47 Å². The molecule has 1 aliphatic rings. The number of hydrogen-bond acceptors (Lipinski definition) is 4. The molecule has 2 rings (SSSR count). The predicted octanol–water partition coefficient (Wildman–Crippen LogP) is 4.68. The minimum Gasteiger partial charge on any atom is -0.471 e. The summed E-state index contributed by atoms with van der Waals surface area (Å²) in [4.78, 5) is 4.00.